The van der Waals surface area contributed by atoms with E-state index in [4.69, 9.17) is 0 Å². The molecule has 1 nitrogen and oxygen atoms in total. The van der Waals surface area contributed by atoms with E-state index < -0.39 is 11.6 Å². The summed E-state index contributed by atoms with van der Waals surface area (Å²) in [6.07, 6.45) is 0. The summed E-state index contributed by atoms with van der Waals surface area (Å²) >= 11 is 1.58. The number of nitrogens with one attached hydrogen (secondary N) is 1. The molecule has 1 N–H and O–H groups in total. The molecule has 1 unspecified atom stereocenters. The standard InChI is InChI=1S/C14H15F2NS/c1-8-4-10(13(16)5-12(8)15)14(17-3)11-7-18-6-9(11)2/h4-7,14,17H,1-3H3. The molecular formula is C14H15F2NS. The lowest BCUT2D eigenvalue weighted by Gasteiger charge is -2.18. The highest BCUT2D eigenvalue weighted by atomic mass is 32.1. The first-order valence-electron chi connectivity index (χ1n) is 5.70. The summed E-state index contributed by atoms with van der Waals surface area (Å²) in [6, 6.07) is 2.29. The molecule has 1 aromatic carbocycles. The van der Waals surface area contributed by atoms with Gasteiger partial charge in [0.1, 0.15) is 11.6 Å². The number of rotatable bonds is 3. The summed E-state index contributed by atoms with van der Waals surface area (Å²) in [5.41, 5.74) is 3.09. The largest absolute Gasteiger partial charge is 0.309 e. The van der Waals surface area contributed by atoms with Crippen LogP contribution in [0.3, 0.4) is 0 Å². The van der Waals surface area contributed by atoms with E-state index in [0.717, 1.165) is 17.2 Å². The van der Waals surface area contributed by atoms with Gasteiger partial charge in [0.2, 0.25) is 0 Å². The van der Waals surface area contributed by atoms with Crippen LogP contribution in [0.2, 0.25) is 0 Å². The molecule has 96 valence electrons. The molecule has 0 fully saturated rings. The van der Waals surface area contributed by atoms with E-state index in [-0.39, 0.29) is 6.04 Å². The fraction of sp³-hybridized carbons (Fsp3) is 0.286. The highest BCUT2D eigenvalue weighted by Gasteiger charge is 2.20. The van der Waals surface area contributed by atoms with Gasteiger partial charge in [-0.2, -0.15) is 11.3 Å². The normalized spacial score (nSPS) is 12.7. The Kier molecular flexibility index (Phi) is 3.78. The Morgan fingerprint density at radius 2 is 1.72 bits per heavy atom. The number of halogens is 2. The van der Waals surface area contributed by atoms with Crippen LogP contribution in [0, 0.1) is 25.5 Å². The molecule has 0 aliphatic heterocycles. The number of benzene rings is 1. The fourth-order valence-corrected chi connectivity index (χ4v) is 2.92. The highest BCUT2D eigenvalue weighted by molar-refractivity contribution is 7.08. The second-order valence-electron chi connectivity index (χ2n) is 4.35. The Morgan fingerprint density at radius 3 is 2.28 bits per heavy atom. The molecule has 4 heteroatoms. The Bertz CT molecular complexity index is 563. The van der Waals surface area contributed by atoms with Crippen LogP contribution < -0.4 is 5.32 Å². The second-order valence-corrected chi connectivity index (χ2v) is 5.10. The molecule has 0 amide bonds. The molecular weight excluding hydrogens is 252 g/mol. The Labute approximate surface area is 109 Å². The van der Waals surface area contributed by atoms with Crippen molar-refractivity contribution in [2.75, 3.05) is 7.05 Å². The van der Waals surface area contributed by atoms with E-state index in [1.165, 1.54) is 0 Å². The van der Waals surface area contributed by atoms with E-state index in [1.807, 2.05) is 17.7 Å². The molecule has 2 rings (SSSR count). The first-order valence-corrected chi connectivity index (χ1v) is 6.64. The minimum absolute atomic E-state index is 0.240. The molecule has 0 spiro atoms. The van der Waals surface area contributed by atoms with Crippen molar-refractivity contribution in [2.45, 2.75) is 19.9 Å². The molecule has 0 aliphatic carbocycles. The van der Waals surface area contributed by atoms with Gasteiger partial charge in [-0.05, 0) is 54.4 Å². The van der Waals surface area contributed by atoms with Gasteiger partial charge in [-0.1, -0.05) is 0 Å². The third-order valence-corrected chi connectivity index (χ3v) is 3.96. The minimum Gasteiger partial charge on any atom is -0.309 e. The Balaban J connectivity index is 2.52. The Hall–Kier alpha value is -1.26. The molecule has 18 heavy (non-hydrogen) atoms. The summed E-state index contributed by atoms with van der Waals surface area (Å²) in [5, 5.41) is 7.11. The van der Waals surface area contributed by atoms with Crippen molar-refractivity contribution in [1.82, 2.24) is 5.32 Å². The summed E-state index contributed by atoms with van der Waals surface area (Å²) in [7, 11) is 1.78. The van der Waals surface area contributed by atoms with Crippen molar-refractivity contribution in [2.24, 2.45) is 0 Å². The molecule has 0 bridgehead atoms. The topological polar surface area (TPSA) is 12.0 Å². The lowest BCUT2D eigenvalue weighted by molar-refractivity contribution is 0.547. The van der Waals surface area contributed by atoms with Crippen LogP contribution in [-0.2, 0) is 0 Å². The van der Waals surface area contributed by atoms with Gasteiger partial charge in [-0.15, -0.1) is 0 Å². The van der Waals surface area contributed by atoms with Gasteiger partial charge in [0.05, 0.1) is 6.04 Å². The maximum atomic E-state index is 13.9. The van der Waals surface area contributed by atoms with Crippen molar-refractivity contribution >= 4 is 11.3 Å². The summed E-state index contributed by atoms with van der Waals surface area (Å²) in [5.74, 6) is -1.02. The van der Waals surface area contributed by atoms with E-state index >= 15 is 0 Å². The number of aryl methyl sites for hydroxylation is 2. The smallest absolute Gasteiger partial charge is 0.131 e. The van der Waals surface area contributed by atoms with E-state index in [2.05, 4.69) is 5.32 Å². The van der Waals surface area contributed by atoms with Crippen LogP contribution in [0.1, 0.15) is 28.3 Å². The third kappa shape index (κ3) is 2.31. The van der Waals surface area contributed by atoms with Gasteiger partial charge in [-0.25, -0.2) is 8.78 Å². The van der Waals surface area contributed by atoms with Crippen LogP contribution in [0.5, 0.6) is 0 Å². The number of hydrogen-bond acceptors (Lipinski definition) is 2. The van der Waals surface area contributed by atoms with Crippen molar-refractivity contribution in [3.8, 4) is 0 Å². The molecule has 0 saturated carbocycles. The maximum absolute atomic E-state index is 13.9. The molecule has 2 aromatic rings. The van der Waals surface area contributed by atoms with Crippen molar-refractivity contribution in [3.05, 3.63) is 56.8 Å². The van der Waals surface area contributed by atoms with Crippen LogP contribution >= 0.6 is 11.3 Å². The van der Waals surface area contributed by atoms with Gasteiger partial charge in [0.15, 0.2) is 0 Å². The fourth-order valence-electron chi connectivity index (χ4n) is 2.05. The molecule has 1 heterocycles. The summed E-state index contributed by atoms with van der Waals surface area (Å²) in [6.45, 7) is 3.63. The zero-order chi connectivity index (χ0) is 13.3. The maximum Gasteiger partial charge on any atom is 0.131 e. The van der Waals surface area contributed by atoms with Crippen molar-refractivity contribution in [3.63, 3.8) is 0 Å². The van der Waals surface area contributed by atoms with Crippen LogP contribution in [0.4, 0.5) is 8.78 Å². The summed E-state index contributed by atoms with van der Waals surface area (Å²) in [4.78, 5) is 0. The number of thiophene rings is 1. The lowest BCUT2D eigenvalue weighted by atomic mass is 9.96. The minimum atomic E-state index is -0.511. The van der Waals surface area contributed by atoms with E-state index in [9.17, 15) is 8.78 Å². The third-order valence-electron chi connectivity index (χ3n) is 3.08. The predicted octanol–water partition coefficient (Wildman–Crippen LogP) is 3.95. The predicted molar refractivity (Wildman–Crippen MR) is 71.1 cm³/mol. The highest BCUT2D eigenvalue weighted by Crippen LogP contribution is 2.30. The quantitative estimate of drug-likeness (QED) is 0.887. The second kappa shape index (κ2) is 5.16. The van der Waals surface area contributed by atoms with Gasteiger partial charge >= 0.3 is 0 Å². The van der Waals surface area contributed by atoms with Gasteiger partial charge in [-0.3, -0.25) is 0 Å². The first-order chi connectivity index (χ1) is 8.54. The molecule has 0 aliphatic rings. The van der Waals surface area contributed by atoms with Crippen molar-refractivity contribution in [1.29, 1.82) is 0 Å². The van der Waals surface area contributed by atoms with Crippen LogP contribution in [0.25, 0.3) is 0 Å². The molecule has 0 saturated heterocycles. The van der Waals surface area contributed by atoms with Crippen LogP contribution in [-0.4, -0.2) is 7.05 Å². The first kappa shape index (κ1) is 13.2. The van der Waals surface area contributed by atoms with Crippen molar-refractivity contribution < 1.29 is 8.78 Å². The zero-order valence-electron chi connectivity index (χ0n) is 10.6. The Morgan fingerprint density at radius 1 is 1.00 bits per heavy atom. The van der Waals surface area contributed by atoms with E-state index in [0.29, 0.717) is 11.1 Å². The van der Waals surface area contributed by atoms with Gasteiger partial charge in [0.25, 0.3) is 0 Å². The number of hydrogen-bond donors (Lipinski definition) is 1. The monoisotopic (exact) mass is 267 g/mol. The molecule has 1 aromatic heterocycles. The summed E-state index contributed by atoms with van der Waals surface area (Å²) < 4.78 is 27.2. The SMILES string of the molecule is CNC(c1cscc1C)c1cc(C)c(F)cc1F. The zero-order valence-corrected chi connectivity index (χ0v) is 11.4. The molecule has 0 radical (unpaired) electrons. The van der Waals surface area contributed by atoms with Gasteiger partial charge < -0.3 is 5.32 Å². The lowest BCUT2D eigenvalue weighted by Crippen LogP contribution is -2.19. The van der Waals surface area contributed by atoms with Crippen LogP contribution in [0.15, 0.2) is 22.9 Å². The average Bonchev–Trinajstić information content (AvgIpc) is 2.73. The average molecular weight is 267 g/mol. The van der Waals surface area contributed by atoms with Gasteiger partial charge in [0, 0.05) is 11.6 Å². The van der Waals surface area contributed by atoms with E-state index in [1.54, 1.807) is 31.4 Å². The molecule has 1 atom stereocenters.